The Bertz CT molecular complexity index is 704. The van der Waals surface area contributed by atoms with Crippen LogP contribution in [0.4, 0.5) is 0 Å². The zero-order valence-electron chi connectivity index (χ0n) is 11.1. The van der Waals surface area contributed by atoms with E-state index in [1.54, 1.807) is 0 Å². The summed E-state index contributed by atoms with van der Waals surface area (Å²) in [6.45, 7) is 2.68. The Hall–Kier alpha value is -2.08. The van der Waals surface area contributed by atoms with Crippen molar-refractivity contribution in [2.75, 3.05) is 0 Å². The van der Waals surface area contributed by atoms with Gasteiger partial charge in [-0.3, -0.25) is 4.79 Å². The molecule has 0 fully saturated rings. The second-order valence-electron chi connectivity index (χ2n) is 5.18. The molecule has 0 atom stereocenters. The van der Waals surface area contributed by atoms with E-state index < -0.39 is 0 Å². The van der Waals surface area contributed by atoms with Crippen LogP contribution in [0.2, 0.25) is 0 Å². The van der Waals surface area contributed by atoms with Crippen LogP contribution in [0.25, 0.3) is 10.9 Å². The minimum absolute atomic E-state index is 0.230. The highest BCUT2D eigenvalue weighted by atomic mass is 16.1. The average molecular weight is 252 g/mol. The Morgan fingerprint density at radius 3 is 3.00 bits per heavy atom. The standard InChI is InChI=1S/C16H16N2O/c1-11-6-7-14-13(10-11)12-4-2-5-15(19)16(12)18(14)9-3-8-17/h6-7,10H,2-5,9H2,1H3. The Labute approximate surface area is 112 Å². The number of carbonyl (C=O) groups is 1. The van der Waals surface area contributed by atoms with E-state index in [-0.39, 0.29) is 5.78 Å². The molecule has 0 radical (unpaired) electrons. The van der Waals surface area contributed by atoms with Gasteiger partial charge in [0.25, 0.3) is 0 Å². The molecule has 3 nitrogen and oxygen atoms in total. The molecule has 0 unspecified atom stereocenters. The fourth-order valence-electron chi connectivity index (χ4n) is 3.05. The van der Waals surface area contributed by atoms with Gasteiger partial charge in [-0.1, -0.05) is 11.6 Å². The van der Waals surface area contributed by atoms with E-state index in [1.807, 2.05) is 0 Å². The number of hydrogen-bond donors (Lipinski definition) is 0. The quantitative estimate of drug-likeness (QED) is 0.822. The first kappa shape index (κ1) is 12.0. The molecule has 1 aliphatic carbocycles. The molecule has 0 spiro atoms. The van der Waals surface area contributed by atoms with Crippen molar-refractivity contribution >= 4 is 16.7 Å². The summed E-state index contributed by atoms with van der Waals surface area (Å²) in [6, 6.07) is 8.48. The van der Waals surface area contributed by atoms with Crippen molar-refractivity contribution in [3.8, 4) is 6.07 Å². The van der Waals surface area contributed by atoms with Gasteiger partial charge in [-0.05, 0) is 37.5 Å². The summed E-state index contributed by atoms with van der Waals surface area (Å²) in [4.78, 5) is 12.2. The minimum atomic E-state index is 0.230. The van der Waals surface area contributed by atoms with E-state index in [2.05, 4.69) is 35.8 Å². The fourth-order valence-corrected chi connectivity index (χ4v) is 3.05. The van der Waals surface area contributed by atoms with E-state index in [0.29, 0.717) is 19.4 Å². The number of aryl methyl sites for hydroxylation is 3. The predicted molar refractivity (Wildman–Crippen MR) is 74.2 cm³/mol. The van der Waals surface area contributed by atoms with Gasteiger partial charge in [0.1, 0.15) is 0 Å². The molecule has 3 rings (SSSR count). The zero-order valence-corrected chi connectivity index (χ0v) is 11.1. The van der Waals surface area contributed by atoms with Crippen molar-refractivity contribution in [1.29, 1.82) is 5.26 Å². The van der Waals surface area contributed by atoms with E-state index in [0.717, 1.165) is 24.1 Å². The SMILES string of the molecule is Cc1ccc2c(c1)c1c(n2CCC#N)C(=O)CCC1. The molecule has 0 saturated heterocycles. The number of rotatable bonds is 2. The average Bonchev–Trinajstić information content (AvgIpc) is 2.71. The van der Waals surface area contributed by atoms with Crippen LogP contribution in [-0.2, 0) is 13.0 Å². The Morgan fingerprint density at radius 1 is 1.37 bits per heavy atom. The minimum Gasteiger partial charge on any atom is -0.337 e. The van der Waals surface area contributed by atoms with E-state index in [1.165, 1.54) is 16.5 Å². The summed E-state index contributed by atoms with van der Waals surface area (Å²) in [7, 11) is 0. The summed E-state index contributed by atoms with van der Waals surface area (Å²) < 4.78 is 2.05. The van der Waals surface area contributed by atoms with Gasteiger partial charge in [0.05, 0.1) is 18.2 Å². The number of nitriles is 1. The number of aromatic nitrogens is 1. The van der Waals surface area contributed by atoms with Crippen LogP contribution >= 0.6 is 0 Å². The number of Topliss-reactive ketones (excluding diaryl/α,β-unsaturated/α-hetero) is 1. The van der Waals surface area contributed by atoms with Crippen molar-refractivity contribution in [3.63, 3.8) is 0 Å². The van der Waals surface area contributed by atoms with Crippen LogP contribution in [0.15, 0.2) is 18.2 Å². The number of nitrogens with zero attached hydrogens (tertiary/aromatic N) is 2. The van der Waals surface area contributed by atoms with Gasteiger partial charge in [-0.2, -0.15) is 5.26 Å². The Kier molecular flexibility index (Phi) is 2.87. The molecule has 0 aliphatic heterocycles. The van der Waals surface area contributed by atoms with Gasteiger partial charge in [0, 0.05) is 23.9 Å². The summed E-state index contributed by atoms with van der Waals surface area (Å²) in [6.07, 6.45) is 2.99. The third kappa shape index (κ3) is 1.84. The molecule has 19 heavy (non-hydrogen) atoms. The largest absolute Gasteiger partial charge is 0.337 e. The summed E-state index contributed by atoms with van der Waals surface area (Å²) >= 11 is 0. The normalized spacial score (nSPS) is 14.4. The van der Waals surface area contributed by atoms with Crippen LogP contribution in [0.3, 0.4) is 0 Å². The molecule has 0 saturated carbocycles. The Balaban J connectivity index is 2.30. The highest BCUT2D eigenvalue weighted by Gasteiger charge is 2.25. The molecule has 1 heterocycles. The number of fused-ring (bicyclic) bond motifs is 3. The van der Waals surface area contributed by atoms with Crippen molar-refractivity contribution in [3.05, 3.63) is 35.0 Å². The number of hydrogen-bond acceptors (Lipinski definition) is 2. The van der Waals surface area contributed by atoms with Gasteiger partial charge >= 0.3 is 0 Å². The fraction of sp³-hybridized carbons (Fsp3) is 0.375. The van der Waals surface area contributed by atoms with Gasteiger partial charge < -0.3 is 4.57 Å². The van der Waals surface area contributed by atoms with Gasteiger partial charge in [0.15, 0.2) is 5.78 Å². The maximum atomic E-state index is 12.2. The highest BCUT2D eigenvalue weighted by Crippen LogP contribution is 2.32. The number of ketones is 1. The molecule has 1 aromatic heterocycles. The van der Waals surface area contributed by atoms with Crippen molar-refractivity contribution in [2.24, 2.45) is 0 Å². The van der Waals surface area contributed by atoms with E-state index in [9.17, 15) is 4.79 Å². The monoisotopic (exact) mass is 252 g/mol. The summed E-state index contributed by atoms with van der Waals surface area (Å²) in [5, 5.41) is 10.00. The predicted octanol–water partition coefficient (Wildman–Crippen LogP) is 3.38. The topological polar surface area (TPSA) is 45.8 Å². The third-order valence-electron chi connectivity index (χ3n) is 3.87. The van der Waals surface area contributed by atoms with Crippen molar-refractivity contribution < 1.29 is 4.79 Å². The molecule has 96 valence electrons. The van der Waals surface area contributed by atoms with Crippen molar-refractivity contribution in [2.45, 2.75) is 39.2 Å². The lowest BCUT2D eigenvalue weighted by molar-refractivity contribution is 0.0963. The van der Waals surface area contributed by atoms with Crippen LogP contribution in [0.5, 0.6) is 0 Å². The zero-order chi connectivity index (χ0) is 13.4. The number of carbonyl (C=O) groups excluding carboxylic acids is 1. The van der Waals surface area contributed by atoms with Gasteiger partial charge in [0.2, 0.25) is 0 Å². The second-order valence-corrected chi connectivity index (χ2v) is 5.18. The molecule has 1 aliphatic rings. The van der Waals surface area contributed by atoms with Crippen LogP contribution in [-0.4, -0.2) is 10.4 Å². The van der Waals surface area contributed by atoms with E-state index in [4.69, 9.17) is 5.26 Å². The lowest BCUT2D eigenvalue weighted by Gasteiger charge is -2.13. The number of benzene rings is 1. The van der Waals surface area contributed by atoms with Crippen LogP contribution in [0.1, 0.15) is 40.9 Å². The van der Waals surface area contributed by atoms with Crippen LogP contribution < -0.4 is 0 Å². The first-order chi connectivity index (χ1) is 9.22. The molecular formula is C16H16N2O. The molecule has 0 bridgehead atoms. The molecule has 2 aromatic rings. The van der Waals surface area contributed by atoms with Crippen LogP contribution in [0, 0.1) is 18.3 Å². The maximum absolute atomic E-state index is 12.2. The summed E-state index contributed by atoms with van der Waals surface area (Å²) in [5.74, 6) is 0.230. The summed E-state index contributed by atoms with van der Waals surface area (Å²) in [5.41, 5.74) is 4.35. The lowest BCUT2D eigenvalue weighted by Crippen LogP contribution is -2.15. The molecule has 1 aromatic carbocycles. The molecule has 0 N–H and O–H groups in total. The van der Waals surface area contributed by atoms with E-state index >= 15 is 0 Å². The first-order valence-electron chi connectivity index (χ1n) is 6.74. The second kappa shape index (κ2) is 4.55. The van der Waals surface area contributed by atoms with Gasteiger partial charge in [-0.25, -0.2) is 0 Å². The molecule has 3 heteroatoms. The molecular weight excluding hydrogens is 236 g/mol. The van der Waals surface area contributed by atoms with Crippen molar-refractivity contribution in [1.82, 2.24) is 4.57 Å². The third-order valence-corrected chi connectivity index (χ3v) is 3.87. The molecule has 0 amide bonds. The first-order valence-corrected chi connectivity index (χ1v) is 6.74. The maximum Gasteiger partial charge on any atom is 0.179 e. The van der Waals surface area contributed by atoms with Gasteiger partial charge in [-0.15, -0.1) is 0 Å². The Morgan fingerprint density at radius 2 is 2.21 bits per heavy atom. The lowest BCUT2D eigenvalue weighted by atomic mass is 9.94. The smallest absolute Gasteiger partial charge is 0.179 e. The highest BCUT2D eigenvalue weighted by molar-refractivity contribution is 6.04.